The molecule has 4 heteroatoms. The minimum atomic E-state index is 0.438. The van der Waals surface area contributed by atoms with E-state index in [1.54, 1.807) is 12.3 Å². The lowest BCUT2D eigenvalue weighted by molar-refractivity contribution is -0.150. The van der Waals surface area contributed by atoms with Gasteiger partial charge < -0.3 is 9.47 Å². The molecule has 0 aliphatic carbocycles. The molecular weight excluding hydrogens is 244 g/mol. The summed E-state index contributed by atoms with van der Waals surface area (Å²) in [6.45, 7) is 6.63. The maximum absolute atomic E-state index is 5.58. The van der Waals surface area contributed by atoms with Gasteiger partial charge in [0, 0.05) is 0 Å². The highest BCUT2D eigenvalue weighted by Crippen LogP contribution is 2.28. The van der Waals surface area contributed by atoms with Crippen LogP contribution in [0.25, 0.3) is 0 Å². The van der Waals surface area contributed by atoms with Gasteiger partial charge >= 0.3 is 0 Å². The largest absolute Gasteiger partial charge is 0.498 e. The van der Waals surface area contributed by atoms with Crippen molar-refractivity contribution in [2.45, 2.75) is 20.8 Å². The Morgan fingerprint density at radius 1 is 1.00 bits per heavy atom. The SMILES string of the molecule is CC=COCCOc1ccc(C)cc1OOC=CC. The summed E-state index contributed by atoms with van der Waals surface area (Å²) in [5.74, 6) is 1.17. The minimum absolute atomic E-state index is 0.438. The van der Waals surface area contributed by atoms with Crippen LogP contribution in [-0.2, 0) is 9.62 Å². The monoisotopic (exact) mass is 264 g/mol. The Morgan fingerprint density at radius 2 is 1.79 bits per heavy atom. The molecule has 0 spiro atoms. The lowest BCUT2D eigenvalue weighted by Gasteiger charge is -2.11. The molecule has 0 aliphatic rings. The Bertz CT molecular complexity index is 424. The van der Waals surface area contributed by atoms with Gasteiger partial charge in [0.15, 0.2) is 5.75 Å². The molecule has 1 aromatic rings. The van der Waals surface area contributed by atoms with E-state index in [4.69, 9.17) is 19.2 Å². The fourth-order valence-electron chi connectivity index (χ4n) is 1.30. The van der Waals surface area contributed by atoms with Gasteiger partial charge in [-0.15, -0.1) is 0 Å². The van der Waals surface area contributed by atoms with Crippen molar-refractivity contribution in [2.24, 2.45) is 0 Å². The van der Waals surface area contributed by atoms with Gasteiger partial charge in [0.1, 0.15) is 19.5 Å². The molecule has 0 N–H and O–H groups in total. The normalized spacial score (nSPS) is 10.9. The minimum Gasteiger partial charge on any atom is -0.498 e. The summed E-state index contributed by atoms with van der Waals surface area (Å²) >= 11 is 0. The summed E-state index contributed by atoms with van der Waals surface area (Å²) in [5, 5.41) is 0. The third kappa shape index (κ3) is 5.86. The van der Waals surface area contributed by atoms with Gasteiger partial charge in [-0.2, -0.15) is 0 Å². The lowest BCUT2D eigenvalue weighted by Crippen LogP contribution is -2.05. The van der Waals surface area contributed by atoms with E-state index in [9.17, 15) is 0 Å². The van der Waals surface area contributed by atoms with Gasteiger partial charge in [-0.05, 0) is 44.5 Å². The maximum atomic E-state index is 5.58. The molecule has 1 aromatic carbocycles. The van der Waals surface area contributed by atoms with Crippen molar-refractivity contribution in [3.8, 4) is 11.5 Å². The Labute approximate surface area is 114 Å². The first kappa shape index (κ1) is 15.0. The van der Waals surface area contributed by atoms with Crippen molar-refractivity contribution in [3.63, 3.8) is 0 Å². The number of aryl methyl sites for hydroxylation is 1. The number of ether oxygens (including phenoxy) is 2. The van der Waals surface area contributed by atoms with Crippen LogP contribution in [0, 0.1) is 6.92 Å². The molecule has 4 nitrogen and oxygen atoms in total. The van der Waals surface area contributed by atoms with E-state index in [-0.39, 0.29) is 0 Å². The number of allylic oxidation sites excluding steroid dienone is 2. The predicted molar refractivity (Wildman–Crippen MR) is 74.0 cm³/mol. The van der Waals surface area contributed by atoms with Crippen LogP contribution in [0.3, 0.4) is 0 Å². The standard InChI is InChI=1S/C15H20O4/c1-4-8-16-10-11-17-14-7-6-13(3)12-15(14)19-18-9-5-2/h4-9,12H,10-11H2,1-3H3. The van der Waals surface area contributed by atoms with E-state index < -0.39 is 0 Å². The Kier molecular flexibility index (Phi) is 7.02. The predicted octanol–water partition coefficient (Wildman–Crippen LogP) is 3.77. The fourth-order valence-corrected chi connectivity index (χ4v) is 1.30. The number of benzene rings is 1. The summed E-state index contributed by atoms with van der Waals surface area (Å²) < 4.78 is 10.8. The molecule has 19 heavy (non-hydrogen) atoms. The van der Waals surface area contributed by atoms with Gasteiger partial charge in [0.25, 0.3) is 0 Å². The third-order valence-corrected chi connectivity index (χ3v) is 2.12. The van der Waals surface area contributed by atoms with Crippen molar-refractivity contribution in [2.75, 3.05) is 13.2 Å². The van der Waals surface area contributed by atoms with Crippen molar-refractivity contribution >= 4 is 0 Å². The molecule has 0 saturated heterocycles. The molecule has 0 aromatic heterocycles. The molecule has 104 valence electrons. The Hall–Kier alpha value is -2.10. The molecule has 0 fully saturated rings. The molecule has 0 heterocycles. The van der Waals surface area contributed by atoms with E-state index in [1.165, 1.54) is 6.26 Å². The number of rotatable bonds is 8. The van der Waals surface area contributed by atoms with Crippen molar-refractivity contribution < 1.29 is 19.2 Å². The molecule has 0 amide bonds. The van der Waals surface area contributed by atoms with Crippen LogP contribution in [0.4, 0.5) is 0 Å². The Balaban J connectivity index is 2.54. The lowest BCUT2D eigenvalue weighted by atomic mass is 10.2. The van der Waals surface area contributed by atoms with Crippen molar-refractivity contribution in [1.29, 1.82) is 0 Å². The average Bonchev–Trinajstić information content (AvgIpc) is 2.41. The fraction of sp³-hybridized carbons (Fsp3) is 0.333. The number of hydrogen-bond acceptors (Lipinski definition) is 4. The zero-order valence-corrected chi connectivity index (χ0v) is 11.6. The van der Waals surface area contributed by atoms with E-state index >= 15 is 0 Å². The molecule has 0 aliphatic heterocycles. The average molecular weight is 264 g/mol. The summed E-state index contributed by atoms with van der Waals surface area (Å²) in [7, 11) is 0. The van der Waals surface area contributed by atoms with Crippen molar-refractivity contribution in [1.82, 2.24) is 0 Å². The molecule has 0 radical (unpaired) electrons. The summed E-state index contributed by atoms with van der Waals surface area (Å²) in [5.41, 5.74) is 1.07. The maximum Gasteiger partial charge on any atom is 0.220 e. The second kappa shape index (κ2) is 8.91. The topological polar surface area (TPSA) is 36.9 Å². The van der Waals surface area contributed by atoms with Crippen LogP contribution in [-0.4, -0.2) is 13.2 Å². The molecule has 0 unspecified atom stereocenters. The van der Waals surface area contributed by atoms with Crippen LogP contribution in [0.1, 0.15) is 19.4 Å². The van der Waals surface area contributed by atoms with E-state index in [1.807, 2.05) is 45.0 Å². The molecule has 0 atom stereocenters. The second-order valence-electron chi connectivity index (χ2n) is 3.79. The van der Waals surface area contributed by atoms with E-state index in [2.05, 4.69) is 0 Å². The van der Waals surface area contributed by atoms with Crippen molar-refractivity contribution in [3.05, 3.63) is 48.4 Å². The third-order valence-electron chi connectivity index (χ3n) is 2.12. The molecule has 0 saturated carbocycles. The van der Waals surface area contributed by atoms with Crippen LogP contribution in [0.15, 0.2) is 42.9 Å². The highest BCUT2D eigenvalue weighted by atomic mass is 17.2. The summed E-state index contributed by atoms with van der Waals surface area (Å²) in [6, 6.07) is 5.65. The molecular formula is C15H20O4. The zero-order valence-electron chi connectivity index (χ0n) is 11.6. The van der Waals surface area contributed by atoms with Gasteiger partial charge in [0.05, 0.1) is 6.26 Å². The number of hydrogen-bond donors (Lipinski definition) is 0. The summed E-state index contributed by atoms with van der Waals surface area (Å²) in [4.78, 5) is 10.1. The Morgan fingerprint density at radius 3 is 2.53 bits per heavy atom. The first-order chi connectivity index (χ1) is 9.27. The van der Waals surface area contributed by atoms with Gasteiger partial charge in [-0.25, -0.2) is 0 Å². The smallest absolute Gasteiger partial charge is 0.220 e. The first-order valence-electron chi connectivity index (χ1n) is 6.18. The zero-order chi connectivity index (χ0) is 13.9. The van der Waals surface area contributed by atoms with Crippen LogP contribution in [0.2, 0.25) is 0 Å². The summed E-state index contributed by atoms with van der Waals surface area (Å²) in [6.07, 6.45) is 6.65. The van der Waals surface area contributed by atoms with Gasteiger partial charge in [0.2, 0.25) is 5.75 Å². The van der Waals surface area contributed by atoms with Crippen LogP contribution < -0.4 is 9.62 Å². The molecule has 1 rings (SSSR count). The quantitative estimate of drug-likeness (QED) is 0.310. The molecule has 0 bridgehead atoms. The highest BCUT2D eigenvalue weighted by molar-refractivity contribution is 5.42. The second-order valence-corrected chi connectivity index (χ2v) is 3.79. The van der Waals surface area contributed by atoms with Gasteiger partial charge in [-0.3, -0.25) is 9.78 Å². The van der Waals surface area contributed by atoms with Crippen LogP contribution >= 0.6 is 0 Å². The van der Waals surface area contributed by atoms with E-state index in [0.717, 1.165) is 5.56 Å². The van der Waals surface area contributed by atoms with Crippen LogP contribution in [0.5, 0.6) is 11.5 Å². The van der Waals surface area contributed by atoms with Gasteiger partial charge in [-0.1, -0.05) is 12.1 Å². The van der Waals surface area contributed by atoms with E-state index in [0.29, 0.717) is 24.7 Å². The highest BCUT2D eigenvalue weighted by Gasteiger charge is 2.06. The first-order valence-corrected chi connectivity index (χ1v) is 6.18.